The Hall–Kier alpha value is -1.07. The van der Waals surface area contributed by atoms with Gasteiger partial charge in [0, 0.05) is 15.9 Å². The van der Waals surface area contributed by atoms with Crippen molar-refractivity contribution >= 4 is 39.4 Å². The molecule has 0 saturated heterocycles. The number of carboxylic acids is 1. The highest BCUT2D eigenvalue weighted by Gasteiger charge is 2.17. The smallest absolute Gasteiger partial charge is 0.326 e. The summed E-state index contributed by atoms with van der Waals surface area (Å²) >= 11 is 9.27. The van der Waals surface area contributed by atoms with Gasteiger partial charge in [0.25, 0.3) is 0 Å². The number of aryl methyl sites for hydroxylation is 1. The highest BCUT2D eigenvalue weighted by molar-refractivity contribution is 9.10. The van der Waals surface area contributed by atoms with Gasteiger partial charge < -0.3 is 10.4 Å². The molecule has 0 bridgehead atoms. The van der Waals surface area contributed by atoms with Crippen molar-refractivity contribution in [3.63, 3.8) is 0 Å². The number of halogens is 2. The predicted octanol–water partition coefficient (Wildman–Crippen LogP) is 3.01. The Balaban J connectivity index is 2.54. The van der Waals surface area contributed by atoms with E-state index in [0.29, 0.717) is 17.9 Å². The van der Waals surface area contributed by atoms with Crippen LogP contribution in [0, 0.1) is 0 Å². The van der Waals surface area contributed by atoms with E-state index in [4.69, 9.17) is 16.7 Å². The van der Waals surface area contributed by atoms with Crippen LogP contribution in [-0.4, -0.2) is 23.0 Å². The van der Waals surface area contributed by atoms with Gasteiger partial charge in [-0.05, 0) is 36.6 Å². The normalized spacial score (nSPS) is 11.9. The SMILES string of the molecule is CCC(NC(=O)CCc1cc(Cl)ccc1Br)C(=O)O. The second kappa shape index (κ2) is 7.50. The Bertz CT molecular complexity index is 479. The number of amides is 1. The van der Waals surface area contributed by atoms with Crippen LogP contribution < -0.4 is 5.32 Å². The van der Waals surface area contributed by atoms with Gasteiger partial charge in [0.1, 0.15) is 6.04 Å². The first kappa shape index (κ1) is 16.0. The molecule has 1 rings (SSSR count). The van der Waals surface area contributed by atoms with Crippen molar-refractivity contribution < 1.29 is 14.7 Å². The number of rotatable bonds is 6. The van der Waals surface area contributed by atoms with Crippen molar-refractivity contribution in [3.8, 4) is 0 Å². The summed E-state index contributed by atoms with van der Waals surface area (Å²) in [5, 5.41) is 11.9. The van der Waals surface area contributed by atoms with Crippen molar-refractivity contribution in [3.05, 3.63) is 33.3 Å². The van der Waals surface area contributed by atoms with Gasteiger partial charge in [-0.3, -0.25) is 4.79 Å². The average molecular weight is 349 g/mol. The molecule has 0 radical (unpaired) electrons. The molecule has 1 atom stereocenters. The van der Waals surface area contributed by atoms with E-state index in [1.54, 1.807) is 19.1 Å². The Morgan fingerprint density at radius 2 is 2.16 bits per heavy atom. The first-order chi connectivity index (χ1) is 8.93. The van der Waals surface area contributed by atoms with Crippen LogP contribution in [0.5, 0.6) is 0 Å². The molecule has 104 valence electrons. The molecular weight excluding hydrogens is 334 g/mol. The summed E-state index contributed by atoms with van der Waals surface area (Å²) in [7, 11) is 0. The van der Waals surface area contributed by atoms with Crippen LogP contribution in [0.3, 0.4) is 0 Å². The minimum absolute atomic E-state index is 0.225. The van der Waals surface area contributed by atoms with Crippen LogP contribution in [0.25, 0.3) is 0 Å². The molecule has 1 aromatic carbocycles. The van der Waals surface area contributed by atoms with Gasteiger partial charge in [-0.15, -0.1) is 0 Å². The number of benzene rings is 1. The zero-order valence-electron chi connectivity index (χ0n) is 10.5. The topological polar surface area (TPSA) is 66.4 Å². The lowest BCUT2D eigenvalue weighted by Crippen LogP contribution is -2.40. The molecule has 0 fully saturated rings. The molecule has 19 heavy (non-hydrogen) atoms. The summed E-state index contributed by atoms with van der Waals surface area (Å²) in [4.78, 5) is 22.5. The molecule has 4 nitrogen and oxygen atoms in total. The van der Waals surface area contributed by atoms with E-state index in [0.717, 1.165) is 10.0 Å². The molecule has 0 aromatic heterocycles. The summed E-state index contributed by atoms with van der Waals surface area (Å²) in [5.41, 5.74) is 0.922. The Morgan fingerprint density at radius 3 is 2.74 bits per heavy atom. The van der Waals surface area contributed by atoms with Gasteiger partial charge in [-0.25, -0.2) is 4.79 Å². The fraction of sp³-hybridized carbons (Fsp3) is 0.385. The minimum atomic E-state index is -1.01. The molecule has 2 N–H and O–H groups in total. The fourth-order valence-electron chi connectivity index (χ4n) is 1.59. The summed E-state index contributed by atoms with van der Waals surface area (Å²) in [6.07, 6.45) is 1.09. The maximum absolute atomic E-state index is 11.7. The van der Waals surface area contributed by atoms with Gasteiger partial charge >= 0.3 is 5.97 Å². The van der Waals surface area contributed by atoms with Crippen molar-refractivity contribution in [1.29, 1.82) is 0 Å². The fourth-order valence-corrected chi connectivity index (χ4v) is 2.23. The average Bonchev–Trinajstić information content (AvgIpc) is 2.36. The van der Waals surface area contributed by atoms with E-state index in [9.17, 15) is 9.59 Å². The van der Waals surface area contributed by atoms with Gasteiger partial charge in [-0.2, -0.15) is 0 Å². The van der Waals surface area contributed by atoms with E-state index < -0.39 is 12.0 Å². The van der Waals surface area contributed by atoms with E-state index >= 15 is 0 Å². The molecule has 1 amide bonds. The second-order valence-corrected chi connectivity index (χ2v) is 5.39. The number of carbonyl (C=O) groups is 2. The van der Waals surface area contributed by atoms with Crippen LogP contribution >= 0.6 is 27.5 Å². The molecule has 0 heterocycles. The zero-order valence-corrected chi connectivity index (χ0v) is 12.8. The van der Waals surface area contributed by atoms with Gasteiger partial charge in [0.05, 0.1) is 0 Å². The number of carbonyl (C=O) groups excluding carboxylic acids is 1. The van der Waals surface area contributed by atoms with Crippen LogP contribution in [0.1, 0.15) is 25.3 Å². The standard InChI is InChI=1S/C13H15BrClNO3/c1-2-11(13(18)19)16-12(17)6-3-8-7-9(15)4-5-10(8)14/h4-5,7,11H,2-3,6H2,1H3,(H,16,17)(H,18,19). The highest BCUT2D eigenvalue weighted by atomic mass is 79.9. The summed E-state index contributed by atoms with van der Waals surface area (Å²) < 4.78 is 0.884. The second-order valence-electron chi connectivity index (χ2n) is 4.10. The van der Waals surface area contributed by atoms with Crippen molar-refractivity contribution in [2.45, 2.75) is 32.2 Å². The zero-order chi connectivity index (χ0) is 14.4. The quantitative estimate of drug-likeness (QED) is 0.830. The Morgan fingerprint density at radius 1 is 1.47 bits per heavy atom. The number of nitrogens with one attached hydrogen (secondary N) is 1. The number of hydrogen-bond acceptors (Lipinski definition) is 2. The van der Waals surface area contributed by atoms with Gasteiger partial charge in [0.15, 0.2) is 0 Å². The third-order valence-corrected chi connectivity index (χ3v) is 3.68. The van der Waals surface area contributed by atoms with Gasteiger partial charge in [0.2, 0.25) is 5.91 Å². The first-order valence-electron chi connectivity index (χ1n) is 5.90. The largest absolute Gasteiger partial charge is 0.480 e. The number of aliphatic carboxylic acids is 1. The number of carboxylic acid groups (broad SMARTS) is 1. The van der Waals surface area contributed by atoms with Crippen LogP contribution in [0.15, 0.2) is 22.7 Å². The maximum Gasteiger partial charge on any atom is 0.326 e. The van der Waals surface area contributed by atoms with Crippen LogP contribution in [0.4, 0.5) is 0 Å². The third kappa shape index (κ3) is 5.20. The van der Waals surface area contributed by atoms with Crippen molar-refractivity contribution in [1.82, 2.24) is 5.32 Å². The molecule has 1 unspecified atom stereocenters. The molecule has 0 saturated carbocycles. The lowest BCUT2D eigenvalue weighted by atomic mass is 10.1. The molecular formula is C13H15BrClNO3. The van der Waals surface area contributed by atoms with E-state index in [1.165, 1.54) is 0 Å². The van der Waals surface area contributed by atoms with Crippen molar-refractivity contribution in [2.24, 2.45) is 0 Å². The predicted molar refractivity (Wildman–Crippen MR) is 77.3 cm³/mol. The Kier molecular flexibility index (Phi) is 6.31. The molecule has 6 heteroatoms. The summed E-state index contributed by atoms with van der Waals surface area (Å²) in [6.45, 7) is 1.71. The molecule has 1 aromatic rings. The molecule has 0 aliphatic heterocycles. The van der Waals surface area contributed by atoms with Crippen molar-refractivity contribution in [2.75, 3.05) is 0 Å². The lowest BCUT2D eigenvalue weighted by Gasteiger charge is -2.12. The van der Waals surface area contributed by atoms with E-state index in [2.05, 4.69) is 21.2 Å². The molecule has 0 spiro atoms. The molecule has 0 aliphatic carbocycles. The summed E-state index contributed by atoms with van der Waals surface area (Å²) in [6, 6.07) is 4.54. The van der Waals surface area contributed by atoms with Gasteiger partial charge in [-0.1, -0.05) is 34.5 Å². The first-order valence-corrected chi connectivity index (χ1v) is 7.07. The monoisotopic (exact) mass is 347 g/mol. The minimum Gasteiger partial charge on any atom is -0.480 e. The van der Waals surface area contributed by atoms with Crippen LogP contribution in [0.2, 0.25) is 5.02 Å². The maximum atomic E-state index is 11.7. The third-order valence-electron chi connectivity index (χ3n) is 2.67. The van der Waals surface area contributed by atoms with Crippen LogP contribution in [-0.2, 0) is 16.0 Å². The molecule has 0 aliphatic rings. The Labute approximate surface area is 125 Å². The van der Waals surface area contributed by atoms with E-state index in [1.807, 2.05) is 6.07 Å². The number of hydrogen-bond donors (Lipinski definition) is 2. The summed E-state index contributed by atoms with van der Waals surface area (Å²) in [5.74, 6) is -1.29. The highest BCUT2D eigenvalue weighted by Crippen LogP contribution is 2.22. The van der Waals surface area contributed by atoms with E-state index in [-0.39, 0.29) is 12.3 Å². The lowest BCUT2D eigenvalue weighted by molar-refractivity contribution is -0.141.